The Bertz CT molecular complexity index is 1990. The quantitative estimate of drug-likeness (QED) is 0.226. The molecule has 3 heterocycles. The molecule has 0 aliphatic rings. The minimum Gasteiger partial charge on any atom is -0.255 e. The van der Waals surface area contributed by atoms with Gasteiger partial charge in [0.05, 0.1) is 10.4 Å². The third kappa shape index (κ3) is 3.26. The van der Waals surface area contributed by atoms with Crippen LogP contribution in [0.1, 0.15) is 0 Å². The Morgan fingerprint density at radius 1 is 0.368 bits per heavy atom. The van der Waals surface area contributed by atoms with Crippen molar-refractivity contribution in [2.45, 2.75) is 0 Å². The lowest BCUT2D eigenvalue weighted by Gasteiger charge is -2.15. The molecule has 8 aromatic rings. The molecule has 0 N–H and O–H groups in total. The normalized spacial score (nSPS) is 11.7. The van der Waals surface area contributed by atoms with Crippen LogP contribution in [0.15, 0.2) is 128 Å². The van der Waals surface area contributed by atoms with Gasteiger partial charge in [0.25, 0.3) is 0 Å². The number of hydrogen-bond acceptors (Lipinski definition) is 3. The topological polar surface area (TPSA) is 12.9 Å². The van der Waals surface area contributed by atoms with Crippen LogP contribution in [0.25, 0.3) is 73.9 Å². The maximum absolute atomic E-state index is 4.95. The van der Waals surface area contributed by atoms with E-state index in [4.69, 9.17) is 4.98 Å². The minimum absolute atomic E-state index is 1.05. The Balaban J connectivity index is 1.39. The third-order valence-electron chi connectivity index (χ3n) is 7.39. The summed E-state index contributed by atoms with van der Waals surface area (Å²) < 4.78 is 5.20. The molecule has 0 bridgehead atoms. The maximum Gasteiger partial charge on any atom is 0.0886 e. The zero-order chi connectivity index (χ0) is 25.1. The second-order valence-corrected chi connectivity index (χ2v) is 11.6. The predicted molar refractivity (Wildman–Crippen MR) is 166 cm³/mol. The summed E-state index contributed by atoms with van der Waals surface area (Å²) in [6, 6.07) is 43.8. The molecule has 0 aliphatic carbocycles. The van der Waals surface area contributed by atoms with Gasteiger partial charge < -0.3 is 0 Å². The molecule has 0 atom stereocenters. The van der Waals surface area contributed by atoms with Crippen LogP contribution in [-0.4, -0.2) is 4.98 Å². The average molecular weight is 520 g/mol. The van der Waals surface area contributed by atoms with Gasteiger partial charge in [-0.05, 0) is 34.9 Å². The number of rotatable bonds is 3. The van der Waals surface area contributed by atoms with Crippen LogP contribution in [0, 0.1) is 0 Å². The molecule has 0 saturated heterocycles. The van der Waals surface area contributed by atoms with Crippen molar-refractivity contribution in [3.8, 4) is 33.5 Å². The van der Waals surface area contributed by atoms with E-state index >= 15 is 0 Å². The van der Waals surface area contributed by atoms with Crippen molar-refractivity contribution in [3.05, 3.63) is 128 Å². The van der Waals surface area contributed by atoms with E-state index in [9.17, 15) is 0 Å². The van der Waals surface area contributed by atoms with Crippen LogP contribution in [0.5, 0.6) is 0 Å². The Hall–Kier alpha value is -4.31. The zero-order valence-corrected chi connectivity index (χ0v) is 22.0. The summed E-state index contributed by atoms with van der Waals surface area (Å²) in [7, 11) is 0. The lowest BCUT2D eigenvalue weighted by molar-refractivity contribution is 1.37. The van der Waals surface area contributed by atoms with Crippen molar-refractivity contribution >= 4 is 63.0 Å². The van der Waals surface area contributed by atoms with E-state index in [-0.39, 0.29) is 0 Å². The van der Waals surface area contributed by atoms with Crippen molar-refractivity contribution < 1.29 is 0 Å². The van der Waals surface area contributed by atoms with Crippen LogP contribution < -0.4 is 0 Å². The number of pyridine rings is 1. The van der Waals surface area contributed by atoms with Gasteiger partial charge >= 0.3 is 0 Å². The molecule has 8 rings (SSSR count). The summed E-state index contributed by atoms with van der Waals surface area (Å²) in [5.41, 5.74) is 7.18. The first-order chi connectivity index (χ1) is 18.9. The van der Waals surface area contributed by atoms with Gasteiger partial charge in [-0.25, -0.2) is 0 Å². The molecule has 0 amide bonds. The van der Waals surface area contributed by atoms with Gasteiger partial charge in [0.1, 0.15) is 0 Å². The molecule has 3 aromatic heterocycles. The van der Waals surface area contributed by atoms with Crippen LogP contribution in [0.2, 0.25) is 0 Å². The molecule has 0 unspecified atom stereocenters. The molecular weight excluding hydrogens is 499 g/mol. The first kappa shape index (κ1) is 21.7. The van der Waals surface area contributed by atoms with E-state index in [2.05, 4.69) is 121 Å². The summed E-state index contributed by atoms with van der Waals surface area (Å²) >= 11 is 3.71. The number of aromatic nitrogens is 1. The summed E-state index contributed by atoms with van der Waals surface area (Å²) in [6.45, 7) is 0. The fourth-order valence-corrected chi connectivity index (χ4v) is 8.11. The third-order valence-corrected chi connectivity index (χ3v) is 9.80. The largest absolute Gasteiger partial charge is 0.255 e. The second-order valence-electron chi connectivity index (χ2n) is 9.51. The molecule has 0 fully saturated rings. The van der Waals surface area contributed by atoms with Gasteiger partial charge in [0.15, 0.2) is 0 Å². The molecule has 0 aliphatic heterocycles. The van der Waals surface area contributed by atoms with E-state index in [0.29, 0.717) is 0 Å². The van der Waals surface area contributed by atoms with Crippen molar-refractivity contribution in [1.82, 2.24) is 4.98 Å². The van der Waals surface area contributed by atoms with Crippen molar-refractivity contribution in [1.29, 1.82) is 0 Å². The molecule has 0 radical (unpaired) electrons. The van der Waals surface area contributed by atoms with Crippen LogP contribution in [0.3, 0.4) is 0 Å². The number of thiophene rings is 2. The van der Waals surface area contributed by atoms with Crippen molar-refractivity contribution in [3.63, 3.8) is 0 Å². The van der Waals surface area contributed by atoms with Gasteiger partial charge in [-0.2, -0.15) is 0 Å². The standard InChI is InChI=1S/C35H21NS2/c1-2-12-24(28-16-9-17-29-25-13-5-7-18-31(25)37-34(28)29)22(10-1)23-11-3-4-15-27(23)33-35-30(20-21-36-33)26-14-6-8-19-32(26)38-35/h1-21H. The molecule has 1 nitrogen and oxygen atoms in total. The highest BCUT2D eigenvalue weighted by atomic mass is 32.1. The molecule has 3 heteroatoms. The molecule has 0 spiro atoms. The summed E-state index contributed by atoms with van der Waals surface area (Å²) in [5, 5.41) is 5.22. The number of benzene rings is 5. The van der Waals surface area contributed by atoms with E-state index in [1.165, 1.54) is 68.2 Å². The smallest absolute Gasteiger partial charge is 0.0886 e. The summed E-state index contributed by atoms with van der Waals surface area (Å²) in [5.74, 6) is 0. The van der Waals surface area contributed by atoms with E-state index < -0.39 is 0 Å². The molecular formula is C35H21NS2. The Morgan fingerprint density at radius 2 is 0.842 bits per heavy atom. The highest BCUT2D eigenvalue weighted by molar-refractivity contribution is 7.26. The first-order valence-corrected chi connectivity index (χ1v) is 14.4. The fraction of sp³-hybridized carbons (Fsp3) is 0. The lowest BCUT2D eigenvalue weighted by Crippen LogP contribution is -1.91. The number of fused-ring (bicyclic) bond motifs is 6. The highest BCUT2D eigenvalue weighted by Gasteiger charge is 2.18. The molecule has 5 aromatic carbocycles. The van der Waals surface area contributed by atoms with E-state index in [0.717, 1.165) is 5.69 Å². The van der Waals surface area contributed by atoms with Crippen LogP contribution >= 0.6 is 22.7 Å². The van der Waals surface area contributed by atoms with Gasteiger partial charge in [-0.3, -0.25) is 4.98 Å². The average Bonchev–Trinajstić information content (AvgIpc) is 3.56. The van der Waals surface area contributed by atoms with Crippen LogP contribution in [0.4, 0.5) is 0 Å². The van der Waals surface area contributed by atoms with Crippen molar-refractivity contribution in [2.24, 2.45) is 0 Å². The lowest BCUT2D eigenvalue weighted by atomic mass is 9.90. The minimum atomic E-state index is 1.05. The monoisotopic (exact) mass is 519 g/mol. The first-order valence-electron chi connectivity index (χ1n) is 12.7. The van der Waals surface area contributed by atoms with Crippen molar-refractivity contribution in [2.75, 3.05) is 0 Å². The SMILES string of the molecule is c1ccc(-c2cccc3c2sc2ccccc23)c(-c2ccccc2-c2nccc3c2sc2ccccc23)c1. The molecule has 38 heavy (non-hydrogen) atoms. The maximum atomic E-state index is 4.95. The summed E-state index contributed by atoms with van der Waals surface area (Å²) in [6.07, 6.45) is 1.96. The molecule has 0 saturated carbocycles. The van der Waals surface area contributed by atoms with Gasteiger partial charge in [0, 0.05) is 53.0 Å². The Kier molecular flexibility index (Phi) is 4.94. The molecule has 178 valence electrons. The zero-order valence-electron chi connectivity index (χ0n) is 20.4. The van der Waals surface area contributed by atoms with Gasteiger partial charge in [0.2, 0.25) is 0 Å². The summed E-state index contributed by atoms with van der Waals surface area (Å²) in [4.78, 5) is 4.95. The predicted octanol–water partition coefficient (Wildman–Crippen LogP) is 10.8. The fourth-order valence-electron chi connectivity index (χ4n) is 5.68. The van der Waals surface area contributed by atoms with Crippen LogP contribution in [-0.2, 0) is 0 Å². The number of nitrogens with zero attached hydrogens (tertiary/aromatic N) is 1. The Morgan fingerprint density at radius 3 is 1.55 bits per heavy atom. The Labute approximate surface area is 228 Å². The number of hydrogen-bond donors (Lipinski definition) is 0. The highest BCUT2D eigenvalue weighted by Crippen LogP contribution is 2.46. The van der Waals surface area contributed by atoms with Gasteiger partial charge in [-0.1, -0.05) is 103 Å². The second kappa shape index (κ2) is 8.63. The van der Waals surface area contributed by atoms with E-state index in [1.54, 1.807) is 0 Å². The van der Waals surface area contributed by atoms with E-state index in [1.807, 2.05) is 28.9 Å². The van der Waals surface area contributed by atoms with Gasteiger partial charge in [-0.15, -0.1) is 22.7 Å².